The number of hydrogen-bond donors (Lipinski definition) is 1. The fourth-order valence-corrected chi connectivity index (χ4v) is 3.50. The first kappa shape index (κ1) is 15.7. The number of nitro benzene ring substituents is 1. The lowest BCUT2D eigenvalue weighted by Crippen LogP contribution is -2.58. The van der Waals surface area contributed by atoms with Crippen molar-refractivity contribution in [2.45, 2.75) is 24.3 Å². The smallest absolute Gasteiger partial charge is 0.311 e. The van der Waals surface area contributed by atoms with Crippen molar-refractivity contribution in [3.63, 3.8) is 0 Å². The second-order valence-corrected chi connectivity index (χ2v) is 7.78. The monoisotopic (exact) mass is 313 g/mol. The van der Waals surface area contributed by atoms with Gasteiger partial charge in [0.15, 0.2) is 9.84 Å². The molecule has 1 fully saturated rings. The molecule has 116 valence electrons. The van der Waals surface area contributed by atoms with Crippen LogP contribution in [0.15, 0.2) is 23.1 Å². The Morgan fingerprint density at radius 3 is 2.57 bits per heavy atom. The number of hydrogen-bond acceptors (Lipinski definition) is 6. The predicted molar refractivity (Wildman–Crippen MR) is 80.5 cm³/mol. The van der Waals surface area contributed by atoms with Crippen LogP contribution in [0.2, 0.25) is 0 Å². The van der Waals surface area contributed by atoms with Gasteiger partial charge < -0.3 is 10.2 Å². The molecule has 0 aromatic heterocycles. The first-order valence-electron chi connectivity index (χ1n) is 6.60. The second-order valence-electron chi connectivity index (χ2n) is 5.79. The molecule has 0 amide bonds. The second kappa shape index (κ2) is 5.27. The highest BCUT2D eigenvalue weighted by Gasteiger charge is 2.36. The molecule has 1 aliphatic heterocycles. The number of rotatable bonds is 3. The summed E-state index contributed by atoms with van der Waals surface area (Å²) in [5.74, 6) is 0. The van der Waals surface area contributed by atoms with Crippen LogP contribution in [0.1, 0.15) is 13.8 Å². The largest absolute Gasteiger partial charge is 0.358 e. The van der Waals surface area contributed by atoms with Crippen LogP contribution in [-0.2, 0) is 9.84 Å². The summed E-state index contributed by atoms with van der Waals surface area (Å²) in [5.41, 5.74) is -0.316. The summed E-state index contributed by atoms with van der Waals surface area (Å²) in [6, 6.07) is 4.45. The van der Waals surface area contributed by atoms with Gasteiger partial charge >= 0.3 is 5.69 Å². The van der Waals surface area contributed by atoms with Crippen molar-refractivity contribution < 1.29 is 13.3 Å². The van der Waals surface area contributed by atoms with E-state index in [0.717, 1.165) is 6.26 Å². The summed E-state index contributed by atoms with van der Waals surface area (Å²) in [6.45, 7) is 5.89. The Morgan fingerprint density at radius 2 is 2.05 bits per heavy atom. The molecule has 8 heteroatoms. The van der Waals surface area contributed by atoms with E-state index in [1.165, 1.54) is 6.07 Å². The van der Waals surface area contributed by atoms with Crippen molar-refractivity contribution in [2.24, 2.45) is 0 Å². The van der Waals surface area contributed by atoms with Gasteiger partial charge in [-0.2, -0.15) is 0 Å². The number of anilines is 1. The third kappa shape index (κ3) is 3.01. The van der Waals surface area contributed by atoms with E-state index in [4.69, 9.17) is 0 Å². The van der Waals surface area contributed by atoms with Crippen LogP contribution in [0, 0.1) is 10.1 Å². The van der Waals surface area contributed by atoms with Crippen LogP contribution >= 0.6 is 0 Å². The van der Waals surface area contributed by atoms with Gasteiger partial charge in [0.1, 0.15) is 10.6 Å². The zero-order valence-corrected chi connectivity index (χ0v) is 13.1. The molecule has 1 saturated heterocycles. The number of para-hydroxylation sites is 1. The Hall–Kier alpha value is -1.67. The standard InChI is InChI=1S/C13H19N3O4S/c1-13(2)9-14-7-8-15(13)10-5-4-6-11(21(3,19)20)12(10)16(17)18/h4-6,14H,7-9H2,1-3H3. The van der Waals surface area contributed by atoms with E-state index in [0.29, 0.717) is 25.3 Å². The Balaban J connectivity index is 2.67. The van der Waals surface area contributed by atoms with E-state index in [1.54, 1.807) is 12.1 Å². The molecule has 0 atom stereocenters. The Labute approximate surface area is 124 Å². The summed E-state index contributed by atoms with van der Waals surface area (Å²) >= 11 is 0. The van der Waals surface area contributed by atoms with E-state index >= 15 is 0 Å². The predicted octanol–water partition coefficient (Wildman–Crippen LogP) is 1.19. The van der Waals surface area contributed by atoms with Gasteiger partial charge in [0.25, 0.3) is 0 Å². The van der Waals surface area contributed by atoms with Gasteiger partial charge in [0.05, 0.1) is 4.92 Å². The van der Waals surface area contributed by atoms with Gasteiger partial charge in [-0.3, -0.25) is 10.1 Å². The lowest BCUT2D eigenvalue weighted by atomic mass is 9.98. The van der Waals surface area contributed by atoms with E-state index in [9.17, 15) is 18.5 Å². The average molecular weight is 313 g/mol. The van der Waals surface area contributed by atoms with Crippen molar-refractivity contribution >= 4 is 21.2 Å². The fourth-order valence-electron chi connectivity index (χ4n) is 2.64. The zero-order valence-electron chi connectivity index (χ0n) is 12.3. The van der Waals surface area contributed by atoms with Crippen molar-refractivity contribution in [1.29, 1.82) is 0 Å². The molecule has 1 N–H and O–H groups in total. The van der Waals surface area contributed by atoms with Crippen molar-refractivity contribution in [2.75, 3.05) is 30.8 Å². The van der Waals surface area contributed by atoms with Crippen LogP contribution in [-0.4, -0.2) is 44.8 Å². The highest BCUT2D eigenvalue weighted by atomic mass is 32.2. The summed E-state index contributed by atoms with van der Waals surface area (Å²) in [7, 11) is -3.66. The molecular weight excluding hydrogens is 294 g/mol. The lowest BCUT2D eigenvalue weighted by molar-refractivity contribution is -0.387. The number of sulfone groups is 1. The number of piperazine rings is 1. The molecule has 21 heavy (non-hydrogen) atoms. The molecular formula is C13H19N3O4S. The van der Waals surface area contributed by atoms with E-state index < -0.39 is 14.8 Å². The number of benzene rings is 1. The minimum atomic E-state index is -3.66. The maximum absolute atomic E-state index is 11.8. The summed E-state index contributed by atoms with van der Waals surface area (Å²) in [6.07, 6.45) is 0.988. The van der Waals surface area contributed by atoms with Crippen molar-refractivity contribution in [1.82, 2.24) is 5.32 Å². The first-order chi connectivity index (χ1) is 9.64. The van der Waals surface area contributed by atoms with Crippen LogP contribution in [0.3, 0.4) is 0 Å². The third-order valence-corrected chi connectivity index (χ3v) is 4.78. The minimum absolute atomic E-state index is 0.237. The Morgan fingerprint density at radius 1 is 1.38 bits per heavy atom. The summed E-state index contributed by atoms with van der Waals surface area (Å²) < 4.78 is 23.6. The normalized spacial score (nSPS) is 18.5. The molecule has 7 nitrogen and oxygen atoms in total. The van der Waals surface area contributed by atoms with Gasteiger partial charge in [-0.15, -0.1) is 0 Å². The molecule has 1 aromatic rings. The first-order valence-corrected chi connectivity index (χ1v) is 8.49. The van der Waals surface area contributed by atoms with Crippen molar-refractivity contribution in [3.8, 4) is 0 Å². The lowest BCUT2D eigenvalue weighted by Gasteiger charge is -2.44. The topological polar surface area (TPSA) is 92.6 Å². The SMILES string of the molecule is CC1(C)CNCCN1c1cccc(S(C)(=O)=O)c1[N+](=O)[O-]. The number of nitrogens with one attached hydrogen (secondary N) is 1. The highest BCUT2D eigenvalue weighted by molar-refractivity contribution is 7.90. The highest BCUT2D eigenvalue weighted by Crippen LogP contribution is 2.38. The van der Waals surface area contributed by atoms with Gasteiger partial charge in [0, 0.05) is 31.4 Å². The van der Waals surface area contributed by atoms with Crippen LogP contribution in [0.5, 0.6) is 0 Å². The maximum Gasteiger partial charge on any atom is 0.311 e. The third-order valence-electron chi connectivity index (χ3n) is 3.65. The van der Waals surface area contributed by atoms with Crippen molar-refractivity contribution in [3.05, 3.63) is 28.3 Å². The van der Waals surface area contributed by atoms with Gasteiger partial charge in [-0.1, -0.05) is 6.07 Å². The number of nitro groups is 1. The van der Waals surface area contributed by atoms with Crippen LogP contribution in [0.4, 0.5) is 11.4 Å². The van der Waals surface area contributed by atoms with Crippen LogP contribution < -0.4 is 10.2 Å². The summed E-state index contributed by atoms with van der Waals surface area (Å²) in [4.78, 5) is 12.5. The summed E-state index contributed by atoms with van der Waals surface area (Å²) in [5, 5.41) is 14.7. The molecule has 0 spiro atoms. The molecule has 2 rings (SSSR count). The van der Waals surface area contributed by atoms with Crippen LogP contribution in [0.25, 0.3) is 0 Å². The van der Waals surface area contributed by atoms with Gasteiger partial charge in [-0.05, 0) is 26.0 Å². The number of nitrogens with zero attached hydrogens (tertiary/aromatic N) is 2. The molecule has 0 saturated carbocycles. The average Bonchev–Trinajstić information content (AvgIpc) is 2.36. The fraction of sp³-hybridized carbons (Fsp3) is 0.538. The van der Waals surface area contributed by atoms with E-state index in [2.05, 4.69) is 5.32 Å². The molecule has 0 aliphatic carbocycles. The Kier molecular flexibility index (Phi) is 3.94. The minimum Gasteiger partial charge on any atom is -0.358 e. The molecule has 1 heterocycles. The maximum atomic E-state index is 11.8. The Bertz CT molecular complexity index is 670. The van der Waals surface area contributed by atoms with Gasteiger partial charge in [0.2, 0.25) is 0 Å². The van der Waals surface area contributed by atoms with Gasteiger partial charge in [-0.25, -0.2) is 8.42 Å². The van der Waals surface area contributed by atoms with E-state index in [-0.39, 0.29) is 16.1 Å². The molecule has 0 bridgehead atoms. The molecule has 1 aromatic carbocycles. The molecule has 1 aliphatic rings. The molecule has 0 unspecified atom stereocenters. The zero-order chi connectivity index (χ0) is 15.8. The van der Waals surface area contributed by atoms with E-state index in [1.807, 2.05) is 18.7 Å². The molecule has 0 radical (unpaired) electrons. The quantitative estimate of drug-likeness (QED) is 0.665.